The summed E-state index contributed by atoms with van der Waals surface area (Å²) in [7, 11) is 0. The number of benzene rings is 1. The van der Waals surface area contributed by atoms with E-state index in [0.717, 1.165) is 36.8 Å². The summed E-state index contributed by atoms with van der Waals surface area (Å²) in [5, 5.41) is 21.1. The maximum absolute atomic E-state index is 9.92. The molecule has 0 aliphatic heterocycles. The Morgan fingerprint density at radius 3 is 2.76 bits per heavy atom. The first kappa shape index (κ1) is 16.1. The van der Waals surface area contributed by atoms with Crippen molar-refractivity contribution < 1.29 is 19.9 Å². The lowest BCUT2D eigenvalue weighted by Crippen LogP contribution is -2.39. The zero-order valence-electron chi connectivity index (χ0n) is 12.8. The van der Waals surface area contributed by atoms with Crippen molar-refractivity contribution in [2.75, 3.05) is 13.2 Å². The third-order valence-electron chi connectivity index (χ3n) is 3.81. The molecule has 0 fully saturated rings. The molecule has 2 N–H and O–H groups in total. The third kappa shape index (κ3) is 3.87. The second kappa shape index (κ2) is 7.64. The van der Waals surface area contributed by atoms with Crippen LogP contribution in [-0.2, 0) is 22.5 Å². The van der Waals surface area contributed by atoms with Crippen molar-refractivity contribution in [1.82, 2.24) is 5.23 Å². The van der Waals surface area contributed by atoms with Crippen molar-refractivity contribution in [1.29, 1.82) is 0 Å². The van der Waals surface area contributed by atoms with Crippen LogP contribution in [0.5, 0.6) is 11.5 Å². The number of rotatable bonds is 7. The average Bonchev–Trinajstić information content (AvgIpc) is 2.50. The van der Waals surface area contributed by atoms with E-state index in [9.17, 15) is 10.2 Å². The lowest BCUT2D eigenvalue weighted by atomic mass is 9.87. The summed E-state index contributed by atoms with van der Waals surface area (Å²) in [6, 6.07) is 3.55. The second-order valence-electron chi connectivity index (χ2n) is 5.36. The number of hydroxylamine groups is 2. The average molecular weight is 295 g/mol. The molecule has 0 spiro atoms. The van der Waals surface area contributed by atoms with E-state index in [4.69, 9.17) is 9.68 Å². The van der Waals surface area contributed by atoms with Crippen molar-refractivity contribution in [3.05, 3.63) is 23.3 Å². The molecule has 1 aliphatic rings. The quantitative estimate of drug-likeness (QED) is 0.460. The normalized spacial score (nSPS) is 18.0. The Bertz CT molecular complexity index is 464. The molecule has 0 heterocycles. The number of hydrogen-bond acceptors (Lipinski definition) is 5. The molecule has 1 aromatic carbocycles. The van der Waals surface area contributed by atoms with Gasteiger partial charge in [-0.15, -0.1) is 0 Å². The van der Waals surface area contributed by atoms with Crippen molar-refractivity contribution >= 4 is 0 Å². The number of phenols is 2. The predicted molar refractivity (Wildman–Crippen MR) is 79.9 cm³/mol. The zero-order valence-corrected chi connectivity index (χ0v) is 12.8. The number of phenolic OH excluding ortho intramolecular Hbond substituents is 2. The highest BCUT2D eigenvalue weighted by Gasteiger charge is 2.28. The first-order chi connectivity index (χ1) is 10.2. The van der Waals surface area contributed by atoms with Gasteiger partial charge in [0.25, 0.3) is 0 Å². The van der Waals surface area contributed by atoms with Gasteiger partial charge in [-0.1, -0.05) is 24.6 Å². The maximum Gasteiger partial charge on any atom is 0.160 e. The predicted octanol–water partition coefficient (Wildman–Crippen LogP) is 2.94. The van der Waals surface area contributed by atoms with E-state index in [0.29, 0.717) is 19.6 Å². The summed E-state index contributed by atoms with van der Waals surface area (Å²) in [5.74, 6) is -0.0335. The van der Waals surface area contributed by atoms with Gasteiger partial charge in [0, 0.05) is 5.56 Å². The van der Waals surface area contributed by atoms with E-state index in [1.54, 1.807) is 11.3 Å². The topological polar surface area (TPSA) is 62.2 Å². The van der Waals surface area contributed by atoms with Crippen LogP contribution >= 0.6 is 0 Å². The highest BCUT2D eigenvalue weighted by atomic mass is 16.9. The minimum atomic E-state index is -0.0481. The molecule has 118 valence electrons. The molecule has 1 unspecified atom stereocenters. The Labute approximate surface area is 126 Å². The summed E-state index contributed by atoms with van der Waals surface area (Å²) in [5.41, 5.74) is 1.89. The molecular formula is C16H25NO4. The van der Waals surface area contributed by atoms with Crippen LogP contribution in [0, 0.1) is 0 Å². The molecule has 0 saturated carbocycles. The number of unbranched alkanes of at least 4 members (excludes halogenated alkanes) is 1. The minimum absolute atomic E-state index is 0.0146. The summed E-state index contributed by atoms with van der Waals surface area (Å²) < 4.78 is 0. The number of hydrogen-bond donors (Lipinski definition) is 2. The lowest BCUT2D eigenvalue weighted by Gasteiger charge is -2.33. The summed E-state index contributed by atoms with van der Waals surface area (Å²) in [4.78, 5) is 11.3. The molecule has 1 aromatic rings. The van der Waals surface area contributed by atoms with Crippen molar-refractivity contribution in [2.45, 2.75) is 52.0 Å². The molecule has 0 aromatic heterocycles. The van der Waals surface area contributed by atoms with E-state index in [1.165, 1.54) is 0 Å². The van der Waals surface area contributed by atoms with Gasteiger partial charge in [-0.2, -0.15) is 0 Å². The van der Waals surface area contributed by atoms with Gasteiger partial charge < -0.3 is 10.2 Å². The van der Waals surface area contributed by atoms with Gasteiger partial charge in [-0.05, 0) is 44.2 Å². The molecule has 1 atom stereocenters. The van der Waals surface area contributed by atoms with Crippen LogP contribution < -0.4 is 0 Å². The summed E-state index contributed by atoms with van der Waals surface area (Å²) in [6.45, 7) is 5.29. The molecule has 0 bridgehead atoms. The van der Waals surface area contributed by atoms with Gasteiger partial charge in [0.1, 0.15) is 0 Å². The maximum atomic E-state index is 9.92. The van der Waals surface area contributed by atoms with Crippen LogP contribution in [0.1, 0.15) is 44.2 Å². The first-order valence-electron chi connectivity index (χ1n) is 7.75. The fourth-order valence-corrected chi connectivity index (χ4v) is 2.66. The molecule has 0 radical (unpaired) electrons. The van der Waals surface area contributed by atoms with Crippen LogP contribution in [0.4, 0.5) is 0 Å². The Balaban J connectivity index is 2.05. The highest BCUT2D eigenvalue weighted by Crippen LogP contribution is 2.36. The Hall–Kier alpha value is -1.30. The Kier molecular flexibility index (Phi) is 5.85. The number of nitrogens with zero attached hydrogens (tertiary/aromatic N) is 1. The number of fused-ring (bicyclic) bond motifs is 1. The fraction of sp³-hybridized carbons (Fsp3) is 0.625. The molecule has 5 nitrogen and oxygen atoms in total. The first-order valence-corrected chi connectivity index (χ1v) is 7.75. The van der Waals surface area contributed by atoms with Gasteiger partial charge in [-0.3, -0.25) is 9.68 Å². The van der Waals surface area contributed by atoms with Gasteiger partial charge in [-0.25, -0.2) is 0 Å². The molecular weight excluding hydrogens is 270 g/mol. The molecule has 1 aliphatic carbocycles. The van der Waals surface area contributed by atoms with Crippen molar-refractivity contribution in [2.24, 2.45) is 0 Å². The van der Waals surface area contributed by atoms with Gasteiger partial charge in [0.2, 0.25) is 0 Å². The van der Waals surface area contributed by atoms with Crippen LogP contribution in [-0.4, -0.2) is 34.7 Å². The van der Waals surface area contributed by atoms with E-state index in [2.05, 4.69) is 6.92 Å². The molecule has 5 heteroatoms. The SMILES string of the molecule is CCCCON(OCC)C1CCc2c(ccc(O)c2O)C1. The van der Waals surface area contributed by atoms with E-state index < -0.39 is 0 Å². The molecule has 21 heavy (non-hydrogen) atoms. The van der Waals surface area contributed by atoms with Crippen LogP contribution in [0.3, 0.4) is 0 Å². The van der Waals surface area contributed by atoms with Crippen molar-refractivity contribution in [3.8, 4) is 11.5 Å². The molecule has 0 saturated heterocycles. The van der Waals surface area contributed by atoms with Crippen LogP contribution in [0.15, 0.2) is 12.1 Å². The zero-order chi connectivity index (χ0) is 15.2. The molecule has 0 amide bonds. The second-order valence-corrected chi connectivity index (χ2v) is 5.36. The standard InChI is InChI=1S/C16H25NO4/c1-3-5-10-21-17(20-4-2)13-7-8-14-12(11-13)6-9-15(18)16(14)19/h6,9,13,18-19H,3-5,7-8,10-11H2,1-2H3. The Morgan fingerprint density at radius 1 is 1.24 bits per heavy atom. The van der Waals surface area contributed by atoms with Gasteiger partial charge in [0.05, 0.1) is 19.3 Å². The smallest absolute Gasteiger partial charge is 0.160 e. The molecule has 2 rings (SSSR count). The van der Waals surface area contributed by atoms with Crippen LogP contribution in [0.25, 0.3) is 0 Å². The van der Waals surface area contributed by atoms with Gasteiger partial charge in [0.15, 0.2) is 11.5 Å². The Morgan fingerprint density at radius 2 is 2.05 bits per heavy atom. The monoisotopic (exact) mass is 295 g/mol. The number of aromatic hydroxyl groups is 2. The van der Waals surface area contributed by atoms with E-state index in [1.807, 2.05) is 13.0 Å². The lowest BCUT2D eigenvalue weighted by molar-refractivity contribution is -0.388. The minimum Gasteiger partial charge on any atom is -0.504 e. The van der Waals surface area contributed by atoms with Gasteiger partial charge >= 0.3 is 0 Å². The summed E-state index contributed by atoms with van der Waals surface area (Å²) >= 11 is 0. The highest BCUT2D eigenvalue weighted by molar-refractivity contribution is 5.50. The van der Waals surface area contributed by atoms with Crippen LogP contribution in [0.2, 0.25) is 0 Å². The van der Waals surface area contributed by atoms with E-state index >= 15 is 0 Å². The third-order valence-corrected chi connectivity index (χ3v) is 3.81. The summed E-state index contributed by atoms with van der Waals surface area (Å²) in [6.07, 6.45) is 4.37. The fourth-order valence-electron chi connectivity index (χ4n) is 2.66. The largest absolute Gasteiger partial charge is 0.504 e. The van der Waals surface area contributed by atoms with E-state index in [-0.39, 0.29) is 17.5 Å². The van der Waals surface area contributed by atoms with Crippen molar-refractivity contribution in [3.63, 3.8) is 0 Å².